The number of methoxy groups -OCH3 is 2. The Balaban J connectivity index is 1.59. The van der Waals surface area contributed by atoms with Crippen LogP contribution in [0.1, 0.15) is 44.1 Å². The number of carbonyl (C=O) groups is 1. The van der Waals surface area contributed by atoms with Gasteiger partial charge in [0.15, 0.2) is 11.5 Å². The second kappa shape index (κ2) is 12.0. The number of amides is 1. The zero-order chi connectivity index (χ0) is 25.5. The molecule has 2 aromatic carbocycles. The Labute approximate surface area is 214 Å². The lowest BCUT2D eigenvalue weighted by molar-refractivity contribution is -0.135. The molecule has 4 rings (SSSR count). The predicted molar refractivity (Wildman–Crippen MR) is 137 cm³/mol. The van der Waals surface area contributed by atoms with Crippen molar-refractivity contribution < 1.29 is 27.4 Å². The number of sulfonamides is 1. The van der Waals surface area contributed by atoms with Crippen LogP contribution in [0.15, 0.2) is 47.4 Å². The fourth-order valence-electron chi connectivity index (χ4n) is 5.05. The number of benzene rings is 2. The Morgan fingerprint density at radius 2 is 1.72 bits per heavy atom. The van der Waals surface area contributed by atoms with Gasteiger partial charge < -0.3 is 19.1 Å². The third-order valence-electron chi connectivity index (χ3n) is 7.01. The van der Waals surface area contributed by atoms with Gasteiger partial charge in [0, 0.05) is 38.2 Å². The molecule has 0 aromatic heterocycles. The molecule has 8 nitrogen and oxygen atoms in total. The Bertz CT molecular complexity index is 1150. The van der Waals surface area contributed by atoms with Crippen LogP contribution in [-0.2, 0) is 21.2 Å². The maximum Gasteiger partial charge on any atom is 0.243 e. The van der Waals surface area contributed by atoms with E-state index in [-0.39, 0.29) is 36.5 Å². The van der Waals surface area contributed by atoms with Crippen molar-refractivity contribution in [3.05, 3.63) is 48.0 Å². The van der Waals surface area contributed by atoms with Gasteiger partial charge in [0.1, 0.15) is 12.4 Å². The van der Waals surface area contributed by atoms with Gasteiger partial charge in [0.05, 0.1) is 19.1 Å². The summed E-state index contributed by atoms with van der Waals surface area (Å²) in [5.74, 6) is 1.64. The first kappa shape index (κ1) is 26.3. The molecule has 2 heterocycles. The molecule has 0 saturated carbocycles. The molecule has 1 saturated heterocycles. The summed E-state index contributed by atoms with van der Waals surface area (Å²) in [6.07, 6.45) is 5.74. The topological polar surface area (TPSA) is 85.4 Å². The van der Waals surface area contributed by atoms with E-state index in [1.165, 1.54) is 30.7 Å². The second-order valence-electron chi connectivity index (χ2n) is 9.30. The molecule has 36 heavy (non-hydrogen) atoms. The summed E-state index contributed by atoms with van der Waals surface area (Å²) >= 11 is 0. The van der Waals surface area contributed by atoms with Gasteiger partial charge >= 0.3 is 0 Å². The number of hydrogen-bond acceptors (Lipinski definition) is 6. The minimum absolute atomic E-state index is 0.113. The number of nitrogens with zero attached hydrogens (tertiary/aromatic N) is 2. The van der Waals surface area contributed by atoms with Gasteiger partial charge in [-0.25, -0.2) is 8.42 Å². The van der Waals surface area contributed by atoms with E-state index in [2.05, 4.69) is 6.07 Å². The van der Waals surface area contributed by atoms with E-state index < -0.39 is 10.0 Å². The lowest BCUT2D eigenvalue weighted by atomic mass is 9.95. The lowest BCUT2D eigenvalue weighted by Crippen LogP contribution is -2.44. The molecule has 1 atom stereocenters. The van der Waals surface area contributed by atoms with Gasteiger partial charge in [-0.2, -0.15) is 4.31 Å². The van der Waals surface area contributed by atoms with Crippen molar-refractivity contribution in [3.63, 3.8) is 0 Å². The number of ether oxygens (including phenoxy) is 3. The van der Waals surface area contributed by atoms with Crippen molar-refractivity contribution in [2.75, 3.05) is 40.5 Å². The molecule has 2 aliphatic rings. The number of hydrogen-bond donors (Lipinski definition) is 0. The van der Waals surface area contributed by atoms with E-state index >= 15 is 0 Å². The molecule has 2 bridgehead atoms. The van der Waals surface area contributed by atoms with Crippen LogP contribution in [0.5, 0.6) is 17.2 Å². The van der Waals surface area contributed by atoms with Crippen LogP contribution in [0.25, 0.3) is 0 Å². The SMILES string of the molecule is COc1ccc(S(=O)(=O)N2CCCC(=O)N3CCCCC3CCc3cccc(c3)OCC2)cc1OC. The first-order valence-corrected chi connectivity index (χ1v) is 14.1. The normalized spacial score (nSPS) is 20.4. The highest BCUT2D eigenvalue weighted by Crippen LogP contribution is 2.31. The minimum atomic E-state index is -3.85. The van der Waals surface area contributed by atoms with E-state index in [4.69, 9.17) is 14.2 Å². The molecule has 0 aliphatic carbocycles. The maximum absolute atomic E-state index is 13.6. The van der Waals surface area contributed by atoms with Crippen molar-refractivity contribution in [2.24, 2.45) is 0 Å². The number of rotatable bonds is 4. The molecule has 196 valence electrons. The first-order valence-electron chi connectivity index (χ1n) is 12.7. The molecular weight excluding hydrogens is 480 g/mol. The molecule has 1 fully saturated rings. The van der Waals surface area contributed by atoms with Crippen molar-refractivity contribution in [1.82, 2.24) is 9.21 Å². The number of piperidine rings is 1. The van der Waals surface area contributed by atoms with Crippen molar-refractivity contribution >= 4 is 15.9 Å². The third-order valence-corrected chi connectivity index (χ3v) is 8.91. The molecule has 0 spiro atoms. The Morgan fingerprint density at radius 1 is 0.889 bits per heavy atom. The van der Waals surface area contributed by atoms with E-state index in [1.54, 1.807) is 6.07 Å². The lowest BCUT2D eigenvalue weighted by Gasteiger charge is -2.36. The summed E-state index contributed by atoms with van der Waals surface area (Å²) < 4.78 is 45.2. The summed E-state index contributed by atoms with van der Waals surface area (Å²) in [4.78, 5) is 15.3. The molecular formula is C27H36N2O6S. The van der Waals surface area contributed by atoms with Crippen LogP contribution < -0.4 is 14.2 Å². The quantitative estimate of drug-likeness (QED) is 0.613. The Hall–Kier alpha value is -2.78. The first-order chi connectivity index (χ1) is 17.4. The Kier molecular flexibility index (Phi) is 8.74. The highest BCUT2D eigenvalue weighted by atomic mass is 32.2. The minimum Gasteiger partial charge on any atom is -0.493 e. The van der Waals surface area contributed by atoms with Crippen LogP contribution in [0.4, 0.5) is 0 Å². The van der Waals surface area contributed by atoms with Gasteiger partial charge in [-0.1, -0.05) is 12.1 Å². The molecule has 2 aliphatic heterocycles. The average Bonchev–Trinajstić information content (AvgIpc) is 2.90. The van der Waals surface area contributed by atoms with E-state index in [0.717, 1.165) is 50.0 Å². The fourth-order valence-corrected chi connectivity index (χ4v) is 6.53. The van der Waals surface area contributed by atoms with E-state index in [0.29, 0.717) is 24.3 Å². The highest BCUT2D eigenvalue weighted by Gasteiger charge is 2.29. The second-order valence-corrected chi connectivity index (χ2v) is 11.2. The standard InChI is InChI=1S/C27H36N2O6S/c1-33-25-14-13-24(20-26(25)34-2)36(31,32)28-15-6-10-27(30)29-16-4-3-8-22(29)12-11-21-7-5-9-23(19-21)35-18-17-28/h5,7,9,13-14,19-20,22H,3-4,6,8,10-12,15-18H2,1-2H3. The molecule has 9 heteroatoms. The molecule has 2 aromatic rings. The van der Waals surface area contributed by atoms with Gasteiger partial charge in [0.2, 0.25) is 15.9 Å². The molecule has 0 radical (unpaired) electrons. The number of fused-ring (bicyclic) bond motifs is 3. The van der Waals surface area contributed by atoms with Gasteiger partial charge in [-0.3, -0.25) is 4.79 Å². The number of carbonyl (C=O) groups excluding carboxylic acids is 1. The molecule has 1 unspecified atom stereocenters. The number of aryl methyl sites for hydroxylation is 1. The van der Waals surface area contributed by atoms with Crippen molar-refractivity contribution in [2.45, 2.75) is 55.9 Å². The zero-order valence-electron chi connectivity index (χ0n) is 21.1. The summed E-state index contributed by atoms with van der Waals surface area (Å²) in [6.45, 7) is 1.38. The molecule has 1 amide bonds. The molecule has 0 N–H and O–H groups in total. The van der Waals surface area contributed by atoms with Crippen LogP contribution >= 0.6 is 0 Å². The third kappa shape index (κ3) is 6.13. The monoisotopic (exact) mass is 516 g/mol. The van der Waals surface area contributed by atoms with Gasteiger partial charge in [-0.15, -0.1) is 0 Å². The summed E-state index contributed by atoms with van der Waals surface area (Å²) in [5.41, 5.74) is 1.16. The maximum atomic E-state index is 13.6. The van der Waals surface area contributed by atoms with Crippen LogP contribution in [-0.4, -0.2) is 70.0 Å². The van der Waals surface area contributed by atoms with Gasteiger partial charge in [0.25, 0.3) is 0 Å². The average molecular weight is 517 g/mol. The largest absolute Gasteiger partial charge is 0.493 e. The highest BCUT2D eigenvalue weighted by molar-refractivity contribution is 7.89. The van der Waals surface area contributed by atoms with Gasteiger partial charge in [-0.05, 0) is 68.4 Å². The fraction of sp³-hybridized carbons (Fsp3) is 0.519. The van der Waals surface area contributed by atoms with E-state index in [9.17, 15) is 13.2 Å². The van der Waals surface area contributed by atoms with E-state index in [1.807, 2.05) is 23.1 Å². The Morgan fingerprint density at radius 3 is 2.53 bits per heavy atom. The summed E-state index contributed by atoms with van der Waals surface area (Å²) in [5, 5.41) is 0. The zero-order valence-corrected chi connectivity index (χ0v) is 22.0. The van der Waals surface area contributed by atoms with Crippen molar-refractivity contribution in [1.29, 1.82) is 0 Å². The van der Waals surface area contributed by atoms with Crippen LogP contribution in [0.3, 0.4) is 0 Å². The van der Waals surface area contributed by atoms with Crippen LogP contribution in [0.2, 0.25) is 0 Å². The predicted octanol–water partition coefficient (Wildman–Crippen LogP) is 3.88. The smallest absolute Gasteiger partial charge is 0.243 e. The van der Waals surface area contributed by atoms with Crippen molar-refractivity contribution in [3.8, 4) is 17.2 Å². The van der Waals surface area contributed by atoms with Crippen LogP contribution in [0, 0.1) is 0 Å². The summed E-state index contributed by atoms with van der Waals surface area (Å²) in [7, 11) is -0.872. The summed E-state index contributed by atoms with van der Waals surface area (Å²) in [6, 6.07) is 12.7.